The van der Waals surface area contributed by atoms with Gasteiger partial charge in [-0.05, 0) is 40.2 Å². The SMILES string of the molecule is Clc1ccc(COc2c(Br)cc(Br)cc2C=Nn2cnnc2)c(Cl)c1. The van der Waals surface area contributed by atoms with Gasteiger partial charge in [-0.3, -0.25) is 0 Å². The Morgan fingerprint density at radius 3 is 2.60 bits per heavy atom. The van der Waals surface area contributed by atoms with Crippen molar-refractivity contribution in [1.82, 2.24) is 14.9 Å². The van der Waals surface area contributed by atoms with Gasteiger partial charge in [0.2, 0.25) is 0 Å². The van der Waals surface area contributed by atoms with Gasteiger partial charge in [0.05, 0.1) is 10.7 Å². The molecule has 0 fully saturated rings. The summed E-state index contributed by atoms with van der Waals surface area (Å²) in [6.07, 6.45) is 4.66. The van der Waals surface area contributed by atoms with Crippen LogP contribution in [-0.4, -0.2) is 21.1 Å². The fourth-order valence-corrected chi connectivity index (χ4v) is 3.84. The van der Waals surface area contributed by atoms with Crippen LogP contribution in [0.3, 0.4) is 0 Å². The first kappa shape index (κ1) is 18.4. The van der Waals surface area contributed by atoms with Crippen molar-refractivity contribution in [1.29, 1.82) is 0 Å². The second-order valence-electron chi connectivity index (χ2n) is 4.92. The average Bonchev–Trinajstić information content (AvgIpc) is 3.07. The summed E-state index contributed by atoms with van der Waals surface area (Å²) in [7, 11) is 0. The highest BCUT2D eigenvalue weighted by Crippen LogP contribution is 2.33. The number of aromatic nitrogens is 3. The van der Waals surface area contributed by atoms with E-state index in [2.05, 4.69) is 47.2 Å². The third-order valence-corrected chi connectivity index (χ3v) is 4.79. The predicted octanol–water partition coefficient (Wildman–Crippen LogP) is 5.57. The van der Waals surface area contributed by atoms with Crippen LogP contribution >= 0.6 is 55.1 Å². The highest BCUT2D eigenvalue weighted by molar-refractivity contribution is 9.11. The fraction of sp³-hybridized carbons (Fsp3) is 0.0625. The van der Waals surface area contributed by atoms with E-state index in [-0.39, 0.29) is 0 Å². The summed E-state index contributed by atoms with van der Waals surface area (Å²) in [6, 6.07) is 9.10. The van der Waals surface area contributed by atoms with Crippen molar-refractivity contribution in [3.8, 4) is 5.75 Å². The minimum absolute atomic E-state index is 0.295. The van der Waals surface area contributed by atoms with Gasteiger partial charge in [0.1, 0.15) is 25.0 Å². The zero-order valence-corrected chi connectivity index (χ0v) is 17.2. The molecule has 0 aliphatic rings. The Hall–Kier alpha value is -1.41. The highest BCUT2D eigenvalue weighted by Gasteiger charge is 2.11. The van der Waals surface area contributed by atoms with E-state index in [9.17, 15) is 0 Å². The second kappa shape index (κ2) is 8.31. The van der Waals surface area contributed by atoms with Crippen molar-refractivity contribution in [2.75, 3.05) is 0 Å². The van der Waals surface area contributed by atoms with E-state index in [0.717, 1.165) is 20.1 Å². The Balaban J connectivity index is 1.87. The van der Waals surface area contributed by atoms with E-state index in [1.165, 1.54) is 17.3 Å². The summed E-state index contributed by atoms with van der Waals surface area (Å²) in [4.78, 5) is 0. The molecule has 1 heterocycles. The van der Waals surface area contributed by atoms with Crippen molar-refractivity contribution < 1.29 is 4.74 Å². The van der Waals surface area contributed by atoms with E-state index in [1.807, 2.05) is 18.2 Å². The van der Waals surface area contributed by atoms with Crippen LogP contribution in [0.4, 0.5) is 0 Å². The molecule has 3 aromatic rings. The summed E-state index contributed by atoms with van der Waals surface area (Å²) < 4.78 is 9.15. The lowest BCUT2D eigenvalue weighted by atomic mass is 10.2. The fourth-order valence-electron chi connectivity index (χ4n) is 2.00. The number of hydrogen-bond acceptors (Lipinski definition) is 4. The normalized spacial score (nSPS) is 11.2. The number of benzene rings is 2. The van der Waals surface area contributed by atoms with Crippen molar-refractivity contribution in [3.05, 3.63) is 73.1 Å². The average molecular weight is 505 g/mol. The second-order valence-corrected chi connectivity index (χ2v) is 7.53. The molecule has 128 valence electrons. The van der Waals surface area contributed by atoms with Gasteiger partial charge in [-0.25, -0.2) is 4.68 Å². The Labute approximate surface area is 170 Å². The molecule has 9 heteroatoms. The van der Waals surface area contributed by atoms with Gasteiger partial charge in [0.25, 0.3) is 0 Å². The predicted molar refractivity (Wildman–Crippen MR) is 106 cm³/mol. The van der Waals surface area contributed by atoms with Gasteiger partial charge < -0.3 is 4.74 Å². The number of ether oxygens (including phenoxy) is 1. The molecule has 0 saturated carbocycles. The molecular formula is C16H10Br2Cl2N4O. The quantitative estimate of drug-likeness (QED) is 0.427. The van der Waals surface area contributed by atoms with Crippen LogP contribution in [0.1, 0.15) is 11.1 Å². The highest BCUT2D eigenvalue weighted by atomic mass is 79.9. The summed E-state index contributed by atoms with van der Waals surface area (Å²) in [5, 5.41) is 12.8. The van der Waals surface area contributed by atoms with E-state index in [0.29, 0.717) is 22.4 Å². The molecule has 2 aromatic carbocycles. The topological polar surface area (TPSA) is 52.3 Å². The first-order chi connectivity index (χ1) is 12.0. The van der Waals surface area contributed by atoms with Crippen molar-refractivity contribution >= 4 is 61.3 Å². The van der Waals surface area contributed by atoms with Crippen molar-refractivity contribution in [2.45, 2.75) is 6.61 Å². The lowest BCUT2D eigenvalue weighted by Gasteiger charge is -2.13. The zero-order chi connectivity index (χ0) is 17.8. The summed E-state index contributed by atoms with van der Waals surface area (Å²) in [5.41, 5.74) is 1.61. The molecule has 0 saturated heterocycles. The van der Waals surface area contributed by atoms with E-state index in [1.54, 1.807) is 18.3 Å². The molecule has 0 unspecified atom stereocenters. The number of halogens is 4. The van der Waals surface area contributed by atoms with Crippen LogP contribution < -0.4 is 4.74 Å². The van der Waals surface area contributed by atoms with Gasteiger partial charge in [-0.15, -0.1) is 10.2 Å². The molecule has 1 aromatic heterocycles. The smallest absolute Gasteiger partial charge is 0.142 e. The lowest BCUT2D eigenvalue weighted by molar-refractivity contribution is 0.304. The van der Waals surface area contributed by atoms with Crippen molar-refractivity contribution in [2.24, 2.45) is 5.10 Å². The van der Waals surface area contributed by atoms with Gasteiger partial charge in [0.15, 0.2) is 0 Å². The zero-order valence-electron chi connectivity index (χ0n) is 12.5. The number of hydrogen-bond donors (Lipinski definition) is 0. The van der Waals surface area contributed by atoms with Crippen LogP contribution in [0, 0.1) is 0 Å². The van der Waals surface area contributed by atoms with Crippen LogP contribution in [0.25, 0.3) is 0 Å². The molecule has 3 rings (SSSR count). The lowest BCUT2D eigenvalue weighted by Crippen LogP contribution is -2.01. The van der Waals surface area contributed by atoms with Crippen molar-refractivity contribution in [3.63, 3.8) is 0 Å². The van der Waals surface area contributed by atoms with Gasteiger partial charge in [0, 0.05) is 25.6 Å². The van der Waals surface area contributed by atoms with Gasteiger partial charge >= 0.3 is 0 Å². The molecule has 5 nitrogen and oxygen atoms in total. The van der Waals surface area contributed by atoms with Crippen LogP contribution in [0.15, 0.2) is 57.0 Å². The van der Waals surface area contributed by atoms with Gasteiger partial charge in [-0.1, -0.05) is 45.2 Å². The third-order valence-electron chi connectivity index (χ3n) is 3.16. The molecular weight excluding hydrogens is 495 g/mol. The van der Waals surface area contributed by atoms with E-state index in [4.69, 9.17) is 27.9 Å². The Morgan fingerprint density at radius 1 is 1.12 bits per heavy atom. The molecule has 0 spiro atoms. The third kappa shape index (κ3) is 4.82. The Morgan fingerprint density at radius 2 is 1.88 bits per heavy atom. The molecule has 0 radical (unpaired) electrons. The molecule has 0 bridgehead atoms. The summed E-state index contributed by atoms with van der Waals surface area (Å²) in [6.45, 7) is 0.295. The Bertz CT molecular complexity index is 917. The van der Waals surface area contributed by atoms with E-state index >= 15 is 0 Å². The first-order valence-corrected chi connectivity index (χ1v) is 9.32. The maximum absolute atomic E-state index is 6.20. The molecule has 0 aliphatic heterocycles. The maximum Gasteiger partial charge on any atom is 0.142 e. The minimum Gasteiger partial charge on any atom is -0.487 e. The summed E-state index contributed by atoms with van der Waals surface area (Å²) >= 11 is 19.1. The van der Waals surface area contributed by atoms with Crippen LogP contribution in [0.5, 0.6) is 5.75 Å². The number of rotatable bonds is 5. The largest absolute Gasteiger partial charge is 0.487 e. The molecule has 25 heavy (non-hydrogen) atoms. The Kier molecular flexibility index (Phi) is 6.11. The van der Waals surface area contributed by atoms with Crippen LogP contribution in [0.2, 0.25) is 10.0 Å². The molecule has 0 atom stereocenters. The first-order valence-electron chi connectivity index (χ1n) is 6.97. The van der Waals surface area contributed by atoms with E-state index < -0.39 is 0 Å². The minimum atomic E-state index is 0.295. The van der Waals surface area contributed by atoms with Gasteiger partial charge in [-0.2, -0.15) is 5.10 Å². The number of nitrogens with zero attached hydrogens (tertiary/aromatic N) is 4. The molecule has 0 amide bonds. The molecule has 0 N–H and O–H groups in total. The molecule has 0 aliphatic carbocycles. The standard InChI is InChI=1S/C16H10Br2Cl2N4O/c17-12-3-11(6-23-24-8-21-22-9-24)16(14(18)4-12)25-7-10-1-2-13(19)5-15(10)20/h1-6,8-9H,7H2. The maximum atomic E-state index is 6.20. The summed E-state index contributed by atoms with van der Waals surface area (Å²) in [5.74, 6) is 0.644. The van der Waals surface area contributed by atoms with Crippen LogP contribution in [-0.2, 0) is 6.61 Å². The monoisotopic (exact) mass is 502 g/mol.